The summed E-state index contributed by atoms with van der Waals surface area (Å²) in [5, 5.41) is 3.53. The zero-order chi connectivity index (χ0) is 14.9. The van der Waals surface area contributed by atoms with Crippen molar-refractivity contribution in [2.45, 2.75) is 25.3 Å². The first-order valence-corrected chi connectivity index (χ1v) is 8.37. The van der Waals surface area contributed by atoms with Gasteiger partial charge in [0.15, 0.2) is 0 Å². The molecule has 0 aliphatic carbocycles. The SMILES string of the molecule is CCOC(=O)C1(Nc2ccccc2Br)CCN2CCC1C2. The first-order valence-electron chi connectivity index (χ1n) is 7.58. The lowest BCUT2D eigenvalue weighted by molar-refractivity contribution is -0.151. The highest BCUT2D eigenvalue weighted by molar-refractivity contribution is 9.10. The Morgan fingerprint density at radius 3 is 3.05 bits per heavy atom. The molecule has 0 saturated carbocycles. The number of carbonyl (C=O) groups excluding carboxylic acids is 1. The van der Waals surface area contributed by atoms with Gasteiger partial charge < -0.3 is 15.0 Å². The fourth-order valence-electron chi connectivity index (χ4n) is 3.52. The third-order valence-corrected chi connectivity index (χ3v) is 5.35. The number of para-hydroxylation sites is 1. The second-order valence-electron chi connectivity index (χ2n) is 5.83. The van der Waals surface area contributed by atoms with E-state index in [0.717, 1.165) is 42.6 Å². The van der Waals surface area contributed by atoms with Gasteiger partial charge in [-0.2, -0.15) is 0 Å². The van der Waals surface area contributed by atoms with Crippen molar-refractivity contribution in [2.24, 2.45) is 5.92 Å². The van der Waals surface area contributed by atoms with Gasteiger partial charge in [-0.25, -0.2) is 4.79 Å². The van der Waals surface area contributed by atoms with E-state index in [0.29, 0.717) is 12.5 Å². The van der Waals surface area contributed by atoms with Gasteiger partial charge in [0, 0.05) is 29.2 Å². The number of ether oxygens (including phenoxy) is 1. The standard InChI is InChI=1S/C16H21BrN2O2/c1-2-21-15(20)16(8-10-19-9-7-12(16)11-19)18-14-6-4-3-5-13(14)17/h3-6,12,18H,2,7-11H2,1H3. The number of anilines is 1. The van der Waals surface area contributed by atoms with Crippen LogP contribution in [0.15, 0.2) is 28.7 Å². The molecular weight excluding hydrogens is 332 g/mol. The van der Waals surface area contributed by atoms with E-state index in [9.17, 15) is 4.79 Å². The zero-order valence-electron chi connectivity index (χ0n) is 12.3. The van der Waals surface area contributed by atoms with Crippen molar-refractivity contribution in [2.75, 3.05) is 31.6 Å². The molecule has 21 heavy (non-hydrogen) atoms. The number of halogens is 1. The van der Waals surface area contributed by atoms with Gasteiger partial charge in [-0.15, -0.1) is 0 Å². The largest absolute Gasteiger partial charge is 0.464 e. The Hall–Kier alpha value is -1.07. The third kappa shape index (κ3) is 2.69. The van der Waals surface area contributed by atoms with Gasteiger partial charge in [-0.3, -0.25) is 0 Å². The summed E-state index contributed by atoms with van der Waals surface area (Å²) in [6.45, 7) is 5.31. The van der Waals surface area contributed by atoms with Gasteiger partial charge >= 0.3 is 5.97 Å². The number of rotatable bonds is 4. The Morgan fingerprint density at radius 2 is 2.29 bits per heavy atom. The summed E-state index contributed by atoms with van der Waals surface area (Å²) in [7, 11) is 0. The van der Waals surface area contributed by atoms with Crippen LogP contribution in [0.3, 0.4) is 0 Å². The Bertz CT molecular complexity index is 537. The van der Waals surface area contributed by atoms with Crippen molar-refractivity contribution < 1.29 is 9.53 Å². The van der Waals surface area contributed by atoms with Crippen molar-refractivity contribution in [3.05, 3.63) is 28.7 Å². The van der Waals surface area contributed by atoms with Crippen LogP contribution in [0, 0.1) is 5.92 Å². The monoisotopic (exact) mass is 352 g/mol. The van der Waals surface area contributed by atoms with E-state index in [1.165, 1.54) is 0 Å². The predicted molar refractivity (Wildman–Crippen MR) is 86.3 cm³/mol. The number of nitrogens with zero attached hydrogens (tertiary/aromatic N) is 1. The van der Waals surface area contributed by atoms with Crippen molar-refractivity contribution in [1.82, 2.24) is 4.90 Å². The number of nitrogens with one attached hydrogen (secondary N) is 1. The molecule has 2 fully saturated rings. The van der Waals surface area contributed by atoms with E-state index in [1.807, 2.05) is 31.2 Å². The number of fused-ring (bicyclic) bond motifs is 2. The number of esters is 1. The van der Waals surface area contributed by atoms with Gasteiger partial charge in [-0.1, -0.05) is 12.1 Å². The van der Waals surface area contributed by atoms with Crippen LogP contribution >= 0.6 is 15.9 Å². The van der Waals surface area contributed by atoms with Crippen LogP contribution in [0.4, 0.5) is 5.69 Å². The molecule has 1 aromatic rings. The van der Waals surface area contributed by atoms with Crippen LogP contribution in [-0.2, 0) is 9.53 Å². The molecule has 4 nitrogen and oxygen atoms in total. The van der Waals surface area contributed by atoms with E-state index in [1.54, 1.807) is 0 Å². The van der Waals surface area contributed by atoms with Gasteiger partial charge in [0.25, 0.3) is 0 Å². The van der Waals surface area contributed by atoms with E-state index in [2.05, 4.69) is 26.1 Å². The predicted octanol–water partition coefficient (Wildman–Crippen LogP) is 2.89. The molecule has 5 heteroatoms. The summed E-state index contributed by atoms with van der Waals surface area (Å²) in [5.74, 6) is 0.213. The van der Waals surface area contributed by atoms with E-state index in [-0.39, 0.29) is 5.97 Å². The molecule has 2 saturated heterocycles. The molecule has 0 aromatic heterocycles. The molecule has 1 N–H and O–H groups in total. The highest BCUT2D eigenvalue weighted by Crippen LogP contribution is 2.40. The number of piperidine rings is 1. The van der Waals surface area contributed by atoms with Crippen LogP contribution in [0.1, 0.15) is 19.8 Å². The number of benzene rings is 1. The van der Waals surface area contributed by atoms with Gasteiger partial charge in [0.05, 0.1) is 6.61 Å². The summed E-state index contributed by atoms with van der Waals surface area (Å²) >= 11 is 3.56. The summed E-state index contributed by atoms with van der Waals surface area (Å²) in [6.07, 6.45) is 1.86. The number of carbonyl (C=O) groups is 1. The molecule has 1 aromatic carbocycles. The minimum Gasteiger partial charge on any atom is -0.464 e. The number of hydrogen-bond acceptors (Lipinski definition) is 4. The fraction of sp³-hybridized carbons (Fsp3) is 0.562. The quantitative estimate of drug-likeness (QED) is 0.846. The zero-order valence-corrected chi connectivity index (χ0v) is 13.9. The minimum absolute atomic E-state index is 0.104. The number of hydrogen-bond donors (Lipinski definition) is 1. The van der Waals surface area contributed by atoms with E-state index >= 15 is 0 Å². The van der Waals surface area contributed by atoms with Gasteiger partial charge in [-0.05, 0) is 54.4 Å². The maximum atomic E-state index is 12.7. The highest BCUT2D eigenvalue weighted by atomic mass is 79.9. The summed E-state index contributed by atoms with van der Waals surface area (Å²) < 4.78 is 6.39. The molecule has 0 radical (unpaired) electrons. The Balaban J connectivity index is 1.93. The Labute approximate surface area is 134 Å². The summed E-state index contributed by atoms with van der Waals surface area (Å²) in [6, 6.07) is 7.96. The lowest BCUT2D eigenvalue weighted by atomic mass is 9.78. The normalized spacial score (nSPS) is 31.0. The molecule has 2 aliphatic rings. The summed E-state index contributed by atoms with van der Waals surface area (Å²) in [5.41, 5.74) is 0.373. The molecule has 0 amide bonds. The van der Waals surface area contributed by atoms with Crippen molar-refractivity contribution in [3.63, 3.8) is 0 Å². The molecule has 114 valence electrons. The molecule has 2 bridgehead atoms. The minimum atomic E-state index is -0.590. The van der Waals surface area contributed by atoms with Crippen molar-refractivity contribution >= 4 is 27.6 Å². The molecular formula is C16H21BrN2O2. The molecule has 3 unspecified atom stereocenters. The lowest BCUT2D eigenvalue weighted by Gasteiger charge is -2.42. The molecule has 2 aliphatic heterocycles. The maximum absolute atomic E-state index is 12.7. The molecule has 3 rings (SSSR count). The average molecular weight is 353 g/mol. The van der Waals surface area contributed by atoms with E-state index < -0.39 is 5.54 Å². The third-order valence-electron chi connectivity index (χ3n) is 4.66. The van der Waals surface area contributed by atoms with Crippen LogP contribution in [0.5, 0.6) is 0 Å². The van der Waals surface area contributed by atoms with Crippen LogP contribution in [-0.4, -0.2) is 42.6 Å². The topological polar surface area (TPSA) is 41.6 Å². The molecule has 3 atom stereocenters. The fourth-order valence-corrected chi connectivity index (χ4v) is 3.91. The molecule has 2 heterocycles. The molecule has 0 spiro atoms. The van der Waals surface area contributed by atoms with Crippen LogP contribution < -0.4 is 5.32 Å². The lowest BCUT2D eigenvalue weighted by Crippen LogP contribution is -2.58. The highest BCUT2D eigenvalue weighted by Gasteiger charge is 2.52. The van der Waals surface area contributed by atoms with Crippen molar-refractivity contribution in [1.29, 1.82) is 0 Å². The summed E-state index contributed by atoms with van der Waals surface area (Å²) in [4.78, 5) is 15.1. The van der Waals surface area contributed by atoms with Crippen LogP contribution in [0.25, 0.3) is 0 Å². The van der Waals surface area contributed by atoms with Gasteiger partial charge in [0.1, 0.15) is 5.54 Å². The second-order valence-corrected chi connectivity index (χ2v) is 6.69. The first kappa shape index (κ1) is 14.9. The van der Waals surface area contributed by atoms with Gasteiger partial charge in [0.2, 0.25) is 0 Å². The second kappa shape index (κ2) is 5.97. The Morgan fingerprint density at radius 1 is 1.48 bits per heavy atom. The Kier molecular flexibility index (Phi) is 4.22. The average Bonchev–Trinajstić information content (AvgIpc) is 2.89. The smallest absolute Gasteiger partial charge is 0.332 e. The van der Waals surface area contributed by atoms with Crippen LogP contribution in [0.2, 0.25) is 0 Å². The van der Waals surface area contributed by atoms with Crippen molar-refractivity contribution in [3.8, 4) is 0 Å². The maximum Gasteiger partial charge on any atom is 0.332 e. The first-order chi connectivity index (χ1) is 10.2. The van der Waals surface area contributed by atoms with E-state index in [4.69, 9.17) is 4.74 Å².